The van der Waals surface area contributed by atoms with Gasteiger partial charge in [0, 0.05) is 5.70 Å². The predicted molar refractivity (Wildman–Crippen MR) is 37.4 cm³/mol. The number of rotatable bonds is 2. The Morgan fingerprint density at radius 3 is 2.56 bits per heavy atom. The summed E-state index contributed by atoms with van der Waals surface area (Å²) in [6.07, 6.45) is 3.55. The van der Waals surface area contributed by atoms with Crippen LogP contribution in [0, 0.1) is 0 Å². The van der Waals surface area contributed by atoms with Gasteiger partial charge in [0.25, 0.3) is 0 Å². The van der Waals surface area contributed by atoms with Crippen LogP contribution in [0.2, 0.25) is 0 Å². The van der Waals surface area contributed by atoms with Crippen LogP contribution in [0.1, 0.15) is 20.3 Å². The van der Waals surface area contributed by atoms with Crippen LogP contribution < -0.4 is 5.73 Å². The van der Waals surface area contributed by atoms with Gasteiger partial charge < -0.3 is 5.73 Å². The van der Waals surface area contributed by atoms with Crippen molar-refractivity contribution >= 4 is 0 Å². The normalized spacial score (nSPS) is 14.1. The zero-order chi connectivity index (χ0) is 7.28. The summed E-state index contributed by atoms with van der Waals surface area (Å²) in [5.41, 5.74) is 5.57. The molecule has 0 aromatic heterocycles. The van der Waals surface area contributed by atoms with Crippen LogP contribution in [0.3, 0.4) is 0 Å². The zero-order valence-electron chi connectivity index (χ0n) is 5.82. The van der Waals surface area contributed by atoms with E-state index in [9.17, 15) is 4.39 Å². The molecule has 0 aliphatic heterocycles. The molecule has 0 aromatic carbocycles. The van der Waals surface area contributed by atoms with Gasteiger partial charge >= 0.3 is 0 Å². The number of nitrogens with two attached hydrogens (primary N) is 1. The molecule has 2 heteroatoms. The summed E-state index contributed by atoms with van der Waals surface area (Å²) in [6, 6.07) is 0. The standard InChI is InChI=1S/C7H12FN/c1-3-5-6(8)7(9)4-2/h3,5H,4,9H2,1-2H3/b5-3-,7-6+. The molecule has 0 saturated carbocycles. The zero-order valence-corrected chi connectivity index (χ0v) is 5.82. The van der Waals surface area contributed by atoms with Crippen molar-refractivity contribution in [2.24, 2.45) is 5.73 Å². The lowest BCUT2D eigenvalue weighted by molar-refractivity contribution is 0.645. The Morgan fingerprint density at radius 1 is 1.67 bits per heavy atom. The summed E-state index contributed by atoms with van der Waals surface area (Å²) in [6.45, 7) is 3.57. The third-order valence-electron chi connectivity index (χ3n) is 1.00. The summed E-state index contributed by atoms with van der Waals surface area (Å²) in [7, 11) is 0. The molecule has 0 atom stereocenters. The third-order valence-corrected chi connectivity index (χ3v) is 1.00. The van der Waals surface area contributed by atoms with E-state index in [0.717, 1.165) is 0 Å². The summed E-state index contributed by atoms with van der Waals surface area (Å²) in [5, 5.41) is 0. The SMILES string of the molecule is C/C=C\C(F)=C(/N)CC. The minimum atomic E-state index is -0.319. The summed E-state index contributed by atoms with van der Waals surface area (Å²) >= 11 is 0. The summed E-state index contributed by atoms with van der Waals surface area (Å²) < 4.78 is 12.5. The molecule has 0 aliphatic rings. The van der Waals surface area contributed by atoms with E-state index in [1.165, 1.54) is 6.08 Å². The number of hydrogen-bond acceptors (Lipinski definition) is 1. The highest BCUT2D eigenvalue weighted by Crippen LogP contribution is 2.04. The van der Waals surface area contributed by atoms with E-state index < -0.39 is 0 Å². The molecule has 0 unspecified atom stereocenters. The van der Waals surface area contributed by atoms with Gasteiger partial charge in [0.2, 0.25) is 0 Å². The molecule has 2 N–H and O–H groups in total. The van der Waals surface area contributed by atoms with E-state index in [1.54, 1.807) is 13.0 Å². The van der Waals surface area contributed by atoms with E-state index >= 15 is 0 Å². The monoisotopic (exact) mass is 129 g/mol. The molecular weight excluding hydrogens is 117 g/mol. The second-order valence-corrected chi connectivity index (χ2v) is 1.73. The molecule has 0 fully saturated rings. The minimum Gasteiger partial charge on any atom is -0.400 e. The highest BCUT2D eigenvalue weighted by Gasteiger charge is 1.92. The maximum absolute atomic E-state index is 12.5. The first-order valence-corrected chi connectivity index (χ1v) is 2.99. The van der Waals surface area contributed by atoms with Crippen molar-refractivity contribution < 1.29 is 4.39 Å². The number of allylic oxidation sites excluding steroid dienone is 4. The number of hydrogen-bond donors (Lipinski definition) is 1. The first kappa shape index (κ1) is 8.21. The molecule has 0 radical (unpaired) electrons. The highest BCUT2D eigenvalue weighted by molar-refractivity contribution is 5.16. The van der Waals surface area contributed by atoms with Crippen LogP contribution in [-0.4, -0.2) is 0 Å². The van der Waals surface area contributed by atoms with Gasteiger partial charge in [-0.2, -0.15) is 0 Å². The quantitative estimate of drug-likeness (QED) is 0.568. The van der Waals surface area contributed by atoms with E-state index in [1.807, 2.05) is 6.92 Å². The fourth-order valence-corrected chi connectivity index (χ4v) is 0.422. The van der Waals surface area contributed by atoms with E-state index in [2.05, 4.69) is 0 Å². The fourth-order valence-electron chi connectivity index (χ4n) is 0.422. The van der Waals surface area contributed by atoms with Gasteiger partial charge in [0.05, 0.1) is 0 Å². The average Bonchev–Trinajstić information content (AvgIpc) is 1.87. The Morgan fingerprint density at radius 2 is 2.22 bits per heavy atom. The Balaban J connectivity index is 4.10. The Kier molecular flexibility index (Phi) is 3.76. The van der Waals surface area contributed by atoms with Crippen molar-refractivity contribution in [2.45, 2.75) is 20.3 Å². The molecule has 0 bridgehead atoms. The highest BCUT2D eigenvalue weighted by atomic mass is 19.1. The summed E-state index contributed by atoms with van der Waals surface area (Å²) in [5.74, 6) is -0.319. The van der Waals surface area contributed by atoms with Crippen molar-refractivity contribution in [2.75, 3.05) is 0 Å². The van der Waals surface area contributed by atoms with Gasteiger partial charge in [-0.15, -0.1) is 0 Å². The molecule has 0 aliphatic carbocycles. The van der Waals surface area contributed by atoms with Crippen molar-refractivity contribution in [3.05, 3.63) is 23.7 Å². The van der Waals surface area contributed by atoms with Crippen molar-refractivity contribution in [1.82, 2.24) is 0 Å². The predicted octanol–water partition coefficient (Wildman–Crippen LogP) is 2.11. The molecule has 52 valence electrons. The van der Waals surface area contributed by atoms with E-state index in [-0.39, 0.29) is 5.83 Å². The molecule has 0 rings (SSSR count). The molecular formula is C7H12FN. The second-order valence-electron chi connectivity index (χ2n) is 1.73. The molecule has 0 saturated heterocycles. The van der Waals surface area contributed by atoms with E-state index in [0.29, 0.717) is 12.1 Å². The molecule has 0 spiro atoms. The van der Waals surface area contributed by atoms with Crippen molar-refractivity contribution in [3.63, 3.8) is 0 Å². The molecule has 0 amide bonds. The van der Waals surface area contributed by atoms with Gasteiger partial charge in [0.1, 0.15) is 5.83 Å². The molecule has 9 heavy (non-hydrogen) atoms. The van der Waals surface area contributed by atoms with Crippen LogP contribution in [0.15, 0.2) is 23.7 Å². The molecule has 1 nitrogen and oxygen atoms in total. The lowest BCUT2D eigenvalue weighted by atomic mass is 10.3. The Hall–Kier alpha value is -0.790. The molecule has 0 aromatic rings. The minimum absolute atomic E-state index is 0.313. The number of halogens is 1. The van der Waals surface area contributed by atoms with Crippen LogP contribution in [0.4, 0.5) is 4.39 Å². The lowest BCUT2D eigenvalue weighted by Gasteiger charge is -1.93. The maximum Gasteiger partial charge on any atom is 0.141 e. The van der Waals surface area contributed by atoms with Gasteiger partial charge in [-0.25, -0.2) is 4.39 Å². The first-order valence-electron chi connectivity index (χ1n) is 2.99. The Labute approximate surface area is 55.1 Å². The summed E-state index contributed by atoms with van der Waals surface area (Å²) in [4.78, 5) is 0. The van der Waals surface area contributed by atoms with Crippen LogP contribution in [0.5, 0.6) is 0 Å². The topological polar surface area (TPSA) is 26.0 Å². The lowest BCUT2D eigenvalue weighted by Crippen LogP contribution is -1.96. The van der Waals surface area contributed by atoms with Crippen LogP contribution in [0.25, 0.3) is 0 Å². The van der Waals surface area contributed by atoms with Crippen LogP contribution >= 0.6 is 0 Å². The van der Waals surface area contributed by atoms with Crippen LogP contribution in [-0.2, 0) is 0 Å². The second kappa shape index (κ2) is 4.13. The molecule has 0 heterocycles. The fraction of sp³-hybridized carbons (Fsp3) is 0.429. The van der Waals surface area contributed by atoms with Crippen molar-refractivity contribution in [3.8, 4) is 0 Å². The van der Waals surface area contributed by atoms with Gasteiger partial charge in [-0.05, 0) is 19.4 Å². The average molecular weight is 129 g/mol. The maximum atomic E-state index is 12.5. The Bertz CT molecular complexity index is 136. The third kappa shape index (κ3) is 2.90. The van der Waals surface area contributed by atoms with Crippen molar-refractivity contribution in [1.29, 1.82) is 0 Å². The van der Waals surface area contributed by atoms with Gasteiger partial charge in [-0.3, -0.25) is 0 Å². The van der Waals surface area contributed by atoms with Gasteiger partial charge in [0.15, 0.2) is 0 Å². The first-order chi connectivity index (χ1) is 4.22. The smallest absolute Gasteiger partial charge is 0.141 e. The largest absolute Gasteiger partial charge is 0.400 e. The van der Waals surface area contributed by atoms with E-state index in [4.69, 9.17) is 5.73 Å². The van der Waals surface area contributed by atoms with Gasteiger partial charge in [-0.1, -0.05) is 13.0 Å².